The summed E-state index contributed by atoms with van der Waals surface area (Å²) in [5.41, 5.74) is 1.12. The van der Waals surface area contributed by atoms with Gasteiger partial charge in [-0.3, -0.25) is 0 Å². The first-order valence-electron chi connectivity index (χ1n) is 8.40. The van der Waals surface area contributed by atoms with Crippen molar-refractivity contribution in [1.29, 1.82) is 5.26 Å². The van der Waals surface area contributed by atoms with Gasteiger partial charge in [0, 0.05) is 0 Å². The van der Waals surface area contributed by atoms with Crippen LogP contribution in [0.15, 0.2) is 61.2 Å². The van der Waals surface area contributed by atoms with Crippen LogP contribution in [0.3, 0.4) is 0 Å². The van der Waals surface area contributed by atoms with E-state index in [0.29, 0.717) is 23.0 Å². The fourth-order valence-corrected chi connectivity index (χ4v) is 2.48. The molecule has 0 aliphatic heterocycles. The molecule has 1 N–H and O–H groups in total. The minimum absolute atomic E-state index is 0.149. The average molecular weight is 395 g/mol. The smallest absolute Gasteiger partial charge is 0.157 e. The Balaban J connectivity index is 0.000000166. The number of aromatic nitrogens is 6. The van der Waals surface area contributed by atoms with Crippen molar-refractivity contribution in [3.05, 3.63) is 84.5 Å². The maximum atomic E-state index is 13.0. The van der Waals surface area contributed by atoms with E-state index in [4.69, 9.17) is 10.4 Å². The van der Waals surface area contributed by atoms with Crippen molar-refractivity contribution in [2.45, 2.75) is 13.0 Å². The molecule has 0 unspecified atom stereocenters. The fraction of sp³-hybridized carbons (Fsp3) is 0.105. The van der Waals surface area contributed by atoms with Crippen LogP contribution < -0.4 is 0 Å². The summed E-state index contributed by atoms with van der Waals surface area (Å²) >= 11 is 0. The lowest BCUT2D eigenvalue weighted by molar-refractivity contribution is 0.268. The van der Waals surface area contributed by atoms with Gasteiger partial charge in [-0.25, -0.2) is 28.1 Å². The third kappa shape index (κ3) is 4.85. The van der Waals surface area contributed by atoms with E-state index in [1.54, 1.807) is 24.3 Å². The topological polar surface area (TPSA) is 105 Å². The predicted molar refractivity (Wildman–Crippen MR) is 97.9 cm³/mol. The summed E-state index contributed by atoms with van der Waals surface area (Å²) in [6.07, 6.45) is 2.81. The normalized spacial score (nSPS) is 10.1. The quantitative estimate of drug-likeness (QED) is 0.569. The molecule has 0 saturated carbocycles. The summed E-state index contributed by atoms with van der Waals surface area (Å²) in [4.78, 5) is 7.74. The number of aliphatic hydroxyl groups is 1. The predicted octanol–water partition coefficient (Wildman–Crippen LogP) is 2.37. The van der Waals surface area contributed by atoms with E-state index in [2.05, 4.69) is 20.2 Å². The summed E-state index contributed by atoms with van der Waals surface area (Å²) < 4.78 is 28.7. The number of nitrogens with zero attached hydrogens (tertiary/aromatic N) is 7. The van der Waals surface area contributed by atoms with Crippen LogP contribution in [0.2, 0.25) is 0 Å². The Morgan fingerprint density at radius 1 is 0.862 bits per heavy atom. The van der Waals surface area contributed by atoms with Gasteiger partial charge in [0.2, 0.25) is 0 Å². The van der Waals surface area contributed by atoms with Crippen LogP contribution >= 0.6 is 0 Å². The van der Waals surface area contributed by atoms with E-state index in [9.17, 15) is 8.78 Å². The molecule has 0 amide bonds. The molecule has 146 valence electrons. The van der Waals surface area contributed by atoms with Gasteiger partial charge in [-0.15, -0.1) is 0 Å². The zero-order valence-corrected chi connectivity index (χ0v) is 15.0. The van der Waals surface area contributed by atoms with E-state index in [0.717, 1.165) is 0 Å². The molecule has 0 aliphatic rings. The number of hydrogen-bond donors (Lipinski definition) is 1. The molecular weight excluding hydrogens is 380 g/mol. The van der Waals surface area contributed by atoms with E-state index >= 15 is 0 Å². The van der Waals surface area contributed by atoms with Crippen molar-refractivity contribution in [3.8, 4) is 17.4 Å². The number of hydrogen-bond acceptors (Lipinski definition) is 6. The van der Waals surface area contributed by atoms with E-state index < -0.39 is 0 Å². The molecule has 0 bridgehead atoms. The monoisotopic (exact) mass is 395 g/mol. The van der Waals surface area contributed by atoms with Crippen LogP contribution in [0.1, 0.15) is 11.6 Å². The molecule has 4 aromatic rings. The second kappa shape index (κ2) is 9.29. The molecule has 0 saturated heterocycles. The highest BCUT2D eigenvalue weighted by molar-refractivity contribution is 5.32. The molecule has 2 aromatic heterocycles. The fourth-order valence-electron chi connectivity index (χ4n) is 2.48. The van der Waals surface area contributed by atoms with Crippen LogP contribution in [-0.2, 0) is 13.0 Å². The lowest BCUT2D eigenvalue weighted by atomic mass is 10.3. The van der Waals surface area contributed by atoms with Gasteiger partial charge in [0.1, 0.15) is 36.7 Å². The van der Waals surface area contributed by atoms with Gasteiger partial charge in [0.05, 0.1) is 23.9 Å². The first kappa shape index (κ1) is 19.8. The van der Waals surface area contributed by atoms with Crippen LogP contribution in [-0.4, -0.2) is 34.6 Å². The van der Waals surface area contributed by atoms with Gasteiger partial charge >= 0.3 is 0 Å². The summed E-state index contributed by atoms with van der Waals surface area (Å²) in [5, 5.41) is 25.3. The Morgan fingerprint density at radius 2 is 1.38 bits per heavy atom. The molecule has 2 heterocycles. The van der Waals surface area contributed by atoms with Crippen molar-refractivity contribution in [1.82, 2.24) is 29.5 Å². The number of rotatable bonds is 4. The largest absolute Gasteiger partial charge is 0.388 e. The van der Waals surface area contributed by atoms with E-state index in [1.807, 2.05) is 6.07 Å². The molecule has 2 aromatic carbocycles. The molecule has 0 fully saturated rings. The van der Waals surface area contributed by atoms with Crippen LogP contribution in [0.25, 0.3) is 11.4 Å². The van der Waals surface area contributed by atoms with Crippen molar-refractivity contribution >= 4 is 0 Å². The Labute approximate surface area is 164 Å². The molecule has 0 radical (unpaired) electrons. The average Bonchev–Trinajstić information content (AvgIpc) is 3.38. The summed E-state index contributed by atoms with van der Waals surface area (Å²) in [5.74, 6) is 0.200. The zero-order chi connectivity index (χ0) is 20.6. The van der Waals surface area contributed by atoms with Crippen LogP contribution in [0, 0.1) is 23.0 Å². The highest BCUT2D eigenvalue weighted by Gasteiger charge is 2.06. The number of benzene rings is 2. The third-order valence-electron chi connectivity index (χ3n) is 3.72. The lowest BCUT2D eigenvalue weighted by Crippen LogP contribution is -2.02. The first-order valence-corrected chi connectivity index (χ1v) is 8.40. The molecule has 0 aliphatic carbocycles. The van der Waals surface area contributed by atoms with Gasteiger partial charge < -0.3 is 5.11 Å². The molecule has 0 atom stereocenters. The van der Waals surface area contributed by atoms with E-state index in [1.165, 1.54) is 46.3 Å². The molecule has 29 heavy (non-hydrogen) atoms. The Kier molecular flexibility index (Phi) is 6.34. The molecule has 0 spiro atoms. The molecule has 4 rings (SSSR count). The second-order valence-corrected chi connectivity index (χ2v) is 5.63. The maximum Gasteiger partial charge on any atom is 0.157 e. The second-order valence-electron chi connectivity index (χ2n) is 5.63. The van der Waals surface area contributed by atoms with E-state index in [-0.39, 0.29) is 24.7 Å². The van der Waals surface area contributed by atoms with Crippen LogP contribution in [0.4, 0.5) is 8.78 Å². The Bertz CT molecular complexity index is 1130. The highest BCUT2D eigenvalue weighted by atomic mass is 19.1. The van der Waals surface area contributed by atoms with Gasteiger partial charge in [0.15, 0.2) is 5.82 Å². The standard InChI is InChI=1S/C10H7FN4.C9H8FN3O/c11-8-2-1-3-9(6-8)15-10(4-5-12)13-7-14-15;10-7-2-1-3-8(4-7)13-9(5-14)11-6-12-13/h1-3,6-7H,4H2;1-4,6,14H,5H2. The van der Waals surface area contributed by atoms with Gasteiger partial charge in [0.25, 0.3) is 0 Å². The van der Waals surface area contributed by atoms with Gasteiger partial charge in [-0.1, -0.05) is 12.1 Å². The lowest BCUT2D eigenvalue weighted by Gasteiger charge is -2.03. The van der Waals surface area contributed by atoms with Gasteiger partial charge in [-0.05, 0) is 36.4 Å². The van der Waals surface area contributed by atoms with Crippen molar-refractivity contribution in [3.63, 3.8) is 0 Å². The maximum absolute atomic E-state index is 13.0. The summed E-state index contributed by atoms with van der Waals surface area (Å²) in [7, 11) is 0. The van der Waals surface area contributed by atoms with Crippen molar-refractivity contribution < 1.29 is 13.9 Å². The molecule has 10 heteroatoms. The summed E-state index contributed by atoms with van der Waals surface area (Å²) in [6.45, 7) is -0.226. The Hall–Kier alpha value is -3.97. The SMILES string of the molecule is N#CCc1ncnn1-c1cccc(F)c1.OCc1ncnn1-c1cccc(F)c1. The highest BCUT2D eigenvalue weighted by Crippen LogP contribution is 2.11. The number of aliphatic hydroxyl groups excluding tert-OH is 1. The van der Waals surface area contributed by atoms with Gasteiger partial charge in [-0.2, -0.15) is 15.5 Å². The molecular formula is C19H15F2N7O. The number of halogens is 2. The Morgan fingerprint density at radius 3 is 1.86 bits per heavy atom. The zero-order valence-electron chi connectivity index (χ0n) is 15.0. The minimum atomic E-state index is -0.345. The molecule has 8 nitrogen and oxygen atoms in total. The van der Waals surface area contributed by atoms with Crippen molar-refractivity contribution in [2.75, 3.05) is 0 Å². The third-order valence-corrected chi connectivity index (χ3v) is 3.72. The first-order chi connectivity index (χ1) is 14.1. The minimum Gasteiger partial charge on any atom is -0.388 e. The van der Waals surface area contributed by atoms with Crippen molar-refractivity contribution in [2.24, 2.45) is 0 Å². The summed E-state index contributed by atoms with van der Waals surface area (Å²) in [6, 6.07) is 13.9. The number of nitriles is 1. The van der Waals surface area contributed by atoms with Crippen LogP contribution in [0.5, 0.6) is 0 Å².